The number of aromatic hydroxyl groups is 2. The number of hydrogen-bond acceptors (Lipinski definition) is 6. The first-order valence-electron chi connectivity index (χ1n) is 7.47. The molecule has 0 radical (unpaired) electrons. The van der Waals surface area contributed by atoms with Crippen molar-refractivity contribution in [2.75, 3.05) is 13.2 Å². The molecule has 0 aliphatic carbocycles. The Kier molecular flexibility index (Phi) is 7.75. The van der Waals surface area contributed by atoms with E-state index >= 15 is 0 Å². The summed E-state index contributed by atoms with van der Waals surface area (Å²) in [5, 5.41) is 35.2. The van der Waals surface area contributed by atoms with Crippen LogP contribution in [0.4, 0.5) is 0 Å². The molecule has 8 nitrogen and oxygen atoms in total. The summed E-state index contributed by atoms with van der Waals surface area (Å²) in [6.45, 7) is 2.74. The third-order valence-corrected chi connectivity index (χ3v) is 2.93. The first-order chi connectivity index (χ1) is 12.2. The molecule has 0 bridgehead atoms. The van der Waals surface area contributed by atoms with Crippen LogP contribution in [0, 0.1) is 13.8 Å². The summed E-state index contributed by atoms with van der Waals surface area (Å²) in [5.41, 5.74) is 1.78. The summed E-state index contributed by atoms with van der Waals surface area (Å²) in [6, 6.07) is 9.56. The number of aliphatic carboxylic acids is 2. The fraction of sp³-hybridized carbons (Fsp3) is 0.222. The van der Waals surface area contributed by atoms with E-state index in [1.807, 2.05) is 13.8 Å². The van der Waals surface area contributed by atoms with E-state index in [2.05, 4.69) is 0 Å². The van der Waals surface area contributed by atoms with E-state index in [1.165, 1.54) is 24.3 Å². The van der Waals surface area contributed by atoms with Crippen LogP contribution >= 0.6 is 0 Å². The predicted molar refractivity (Wildman–Crippen MR) is 91.9 cm³/mol. The highest BCUT2D eigenvalue weighted by Crippen LogP contribution is 2.26. The summed E-state index contributed by atoms with van der Waals surface area (Å²) in [7, 11) is 0. The standard InChI is InChI=1S/2C9H10O4/c2*1-6-2-3-8(7(10)4-6)13-5-9(11)12/h2*2-4,10H,5H2,1H3,(H,11,12). The molecule has 0 aliphatic heterocycles. The molecule has 0 saturated carbocycles. The number of carbonyl (C=O) groups is 2. The maximum absolute atomic E-state index is 10.1. The van der Waals surface area contributed by atoms with Crippen LogP contribution in [-0.4, -0.2) is 45.6 Å². The van der Waals surface area contributed by atoms with Crippen molar-refractivity contribution in [1.82, 2.24) is 0 Å². The van der Waals surface area contributed by atoms with Crippen molar-refractivity contribution in [2.24, 2.45) is 0 Å². The summed E-state index contributed by atoms with van der Waals surface area (Å²) in [5.74, 6) is -1.84. The van der Waals surface area contributed by atoms with E-state index < -0.39 is 25.2 Å². The molecule has 2 aromatic carbocycles. The van der Waals surface area contributed by atoms with E-state index in [-0.39, 0.29) is 23.0 Å². The first-order valence-corrected chi connectivity index (χ1v) is 7.47. The lowest BCUT2D eigenvalue weighted by atomic mass is 10.2. The normalized spacial score (nSPS) is 9.62. The smallest absolute Gasteiger partial charge is 0.341 e. The second-order valence-corrected chi connectivity index (χ2v) is 5.31. The monoisotopic (exact) mass is 364 g/mol. The number of hydrogen-bond donors (Lipinski definition) is 4. The third-order valence-electron chi connectivity index (χ3n) is 2.93. The number of aryl methyl sites for hydroxylation is 2. The first kappa shape index (κ1) is 20.6. The fourth-order valence-corrected chi connectivity index (χ4v) is 1.78. The topological polar surface area (TPSA) is 134 Å². The molecular formula is C18H20O8. The van der Waals surface area contributed by atoms with Gasteiger partial charge >= 0.3 is 11.9 Å². The van der Waals surface area contributed by atoms with Crippen LogP contribution < -0.4 is 9.47 Å². The average molecular weight is 364 g/mol. The number of rotatable bonds is 6. The summed E-state index contributed by atoms with van der Waals surface area (Å²) < 4.78 is 9.61. The zero-order chi connectivity index (χ0) is 19.7. The van der Waals surface area contributed by atoms with E-state index in [1.54, 1.807) is 12.1 Å². The maximum Gasteiger partial charge on any atom is 0.341 e. The van der Waals surface area contributed by atoms with Gasteiger partial charge in [0.05, 0.1) is 0 Å². The van der Waals surface area contributed by atoms with Crippen LogP contribution in [0.5, 0.6) is 23.0 Å². The SMILES string of the molecule is Cc1ccc(OCC(=O)O)c(O)c1.Cc1ccc(OCC(=O)O)c(O)c1. The van der Waals surface area contributed by atoms with E-state index in [0.717, 1.165) is 11.1 Å². The quantitative estimate of drug-likeness (QED) is 0.614. The van der Waals surface area contributed by atoms with Gasteiger partial charge in [-0.2, -0.15) is 0 Å². The minimum absolute atomic E-state index is 0.0405. The highest BCUT2D eigenvalue weighted by molar-refractivity contribution is 5.69. The molecular weight excluding hydrogens is 344 g/mol. The fourth-order valence-electron chi connectivity index (χ4n) is 1.78. The van der Waals surface area contributed by atoms with Gasteiger partial charge in [0, 0.05) is 0 Å². The number of benzene rings is 2. The van der Waals surface area contributed by atoms with Gasteiger partial charge in [-0.1, -0.05) is 12.1 Å². The Morgan fingerprint density at radius 2 is 1.12 bits per heavy atom. The van der Waals surface area contributed by atoms with Crippen LogP contribution in [0.2, 0.25) is 0 Å². The Bertz CT molecular complexity index is 704. The Balaban J connectivity index is 0.000000260. The number of phenolic OH excluding ortho intramolecular Hbond substituents is 2. The molecule has 0 saturated heterocycles. The Labute approximate surface area is 149 Å². The van der Waals surface area contributed by atoms with Gasteiger partial charge in [0.1, 0.15) is 0 Å². The molecule has 0 heterocycles. The number of carboxylic acids is 2. The molecule has 0 atom stereocenters. The Morgan fingerprint density at radius 3 is 1.38 bits per heavy atom. The summed E-state index contributed by atoms with van der Waals surface area (Å²) >= 11 is 0. The van der Waals surface area contributed by atoms with Crippen molar-refractivity contribution >= 4 is 11.9 Å². The minimum Gasteiger partial charge on any atom is -0.504 e. The Morgan fingerprint density at radius 1 is 0.769 bits per heavy atom. The second kappa shape index (κ2) is 9.77. The van der Waals surface area contributed by atoms with Gasteiger partial charge in [-0.25, -0.2) is 9.59 Å². The van der Waals surface area contributed by atoms with Crippen molar-refractivity contribution < 1.29 is 39.5 Å². The van der Waals surface area contributed by atoms with Gasteiger partial charge in [0.2, 0.25) is 0 Å². The third kappa shape index (κ3) is 7.43. The van der Waals surface area contributed by atoms with Gasteiger partial charge in [-0.05, 0) is 49.2 Å². The van der Waals surface area contributed by atoms with Crippen LogP contribution in [0.1, 0.15) is 11.1 Å². The van der Waals surface area contributed by atoms with Crippen LogP contribution in [0.3, 0.4) is 0 Å². The molecule has 0 aliphatic rings. The van der Waals surface area contributed by atoms with E-state index in [9.17, 15) is 19.8 Å². The van der Waals surface area contributed by atoms with Crippen LogP contribution in [0.25, 0.3) is 0 Å². The number of phenols is 2. The van der Waals surface area contributed by atoms with Gasteiger partial charge < -0.3 is 29.9 Å². The molecule has 4 N–H and O–H groups in total. The number of carboxylic acid groups (broad SMARTS) is 2. The highest BCUT2D eigenvalue weighted by Gasteiger charge is 2.05. The van der Waals surface area contributed by atoms with Gasteiger partial charge in [-0.15, -0.1) is 0 Å². The molecule has 2 rings (SSSR count). The van der Waals surface area contributed by atoms with Crippen molar-refractivity contribution in [3.05, 3.63) is 47.5 Å². The van der Waals surface area contributed by atoms with E-state index in [0.29, 0.717) is 0 Å². The molecule has 26 heavy (non-hydrogen) atoms. The molecule has 0 aromatic heterocycles. The highest BCUT2D eigenvalue weighted by atomic mass is 16.5. The molecule has 0 fully saturated rings. The maximum atomic E-state index is 10.1. The molecule has 2 aromatic rings. The lowest BCUT2D eigenvalue weighted by Gasteiger charge is -2.05. The number of ether oxygens (including phenoxy) is 2. The molecule has 140 valence electrons. The summed E-state index contributed by atoms with van der Waals surface area (Å²) in [4.78, 5) is 20.3. The van der Waals surface area contributed by atoms with Crippen LogP contribution in [-0.2, 0) is 9.59 Å². The zero-order valence-corrected chi connectivity index (χ0v) is 14.3. The van der Waals surface area contributed by atoms with Gasteiger partial charge in [0.25, 0.3) is 0 Å². The predicted octanol–water partition coefficient (Wildman–Crippen LogP) is 2.33. The van der Waals surface area contributed by atoms with Crippen molar-refractivity contribution in [2.45, 2.75) is 13.8 Å². The largest absolute Gasteiger partial charge is 0.504 e. The lowest BCUT2D eigenvalue weighted by molar-refractivity contribution is -0.140. The van der Waals surface area contributed by atoms with Crippen LogP contribution in [0.15, 0.2) is 36.4 Å². The van der Waals surface area contributed by atoms with Crippen molar-refractivity contribution in [1.29, 1.82) is 0 Å². The van der Waals surface area contributed by atoms with Crippen molar-refractivity contribution in [3.8, 4) is 23.0 Å². The van der Waals surface area contributed by atoms with E-state index in [4.69, 9.17) is 19.7 Å². The minimum atomic E-state index is -1.07. The molecule has 8 heteroatoms. The summed E-state index contributed by atoms with van der Waals surface area (Å²) in [6.07, 6.45) is 0. The Hall–Kier alpha value is -3.42. The van der Waals surface area contributed by atoms with Crippen molar-refractivity contribution in [3.63, 3.8) is 0 Å². The molecule has 0 spiro atoms. The average Bonchev–Trinajstić information content (AvgIpc) is 2.53. The zero-order valence-electron chi connectivity index (χ0n) is 14.3. The lowest BCUT2D eigenvalue weighted by Crippen LogP contribution is -2.09. The second-order valence-electron chi connectivity index (χ2n) is 5.31. The van der Waals surface area contributed by atoms with Gasteiger partial charge in [0.15, 0.2) is 36.2 Å². The molecule has 0 unspecified atom stereocenters. The molecule has 0 amide bonds. The van der Waals surface area contributed by atoms with Gasteiger partial charge in [-0.3, -0.25) is 0 Å².